The largest absolute Gasteiger partial charge is 0.489 e. The Morgan fingerprint density at radius 2 is 1.90 bits per heavy atom. The molecule has 0 atom stereocenters. The van der Waals surface area contributed by atoms with E-state index in [1.54, 1.807) is 42.5 Å². The maximum Gasteiger partial charge on any atom is 0.335 e. The summed E-state index contributed by atoms with van der Waals surface area (Å²) in [6.45, 7) is 1.69. The molecule has 0 unspecified atom stereocenters. The number of hydrogen-bond donors (Lipinski definition) is 2. The first-order valence-corrected chi connectivity index (χ1v) is 6.37. The van der Waals surface area contributed by atoms with Crippen LogP contribution in [0.1, 0.15) is 22.8 Å². The topological polar surface area (TPSA) is 75.6 Å². The number of rotatable bonds is 5. The quantitative estimate of drug-likeness (QED) is 0.885. The van der Waals surface area contributed by atoms with Crippen LogP contribution in [0.5, 0.6) is 5.75 Å². The number of carbonyl (C=O) groups excluding carboxylic acids is 1. The molecular weight excluding hydrogens is 270 g/mol. The van der Waals surface area contributed by atoms with Gasteiger partial charge in [0.05, 0.1) is 5.56 Å². The van der Waals surface area contributed by atoms with Crippen LogP contribution in [0.3, 0.4) is 0 Å². The minimum Gasteiger partial charge on any atom is -0.489 e. The summed E-state index contributed by atoms with van der Waals surface area (Å²) in [5, 5.41) is 11.6. The van der Waals surface area contributed by atoms with Gasteiger partial charge in [0.25, 0.3) is 0 Å². The molecule has 0 aromatic heterocycles. The molecule has 0 aliphatic carbocycles. The van der Waals surface area contributed by atoms with Gasteiger partial charge in [-0.3, -0.25) is 4.79 Å². The molecule has 0 fully saturated rings. The molecule has 21 heavy (non-hydrogen) atoms. The van der Waals surface area contributed by atoms with Crippen LogP contribution in [-0.4, -0.2) is 17.0 Å². The first-order valence-electron chi connectivity index (χ1n) is 6.37. The molecule has 0 heterocycles. The van der Waals surface area contributed by atoms with Crippen LogP contribution in [-0.2, 0) is 11.4 Å². The normalized spacial score (nSPS) is 9.95. The van der Waals surface area contributed by atoms with E-state index in [1.807, 2.05) is 0 Å². The van der Waals surface area contributed by atoms with Crippen molar-refractivity contribution in [3.05, 3.63) is 59.7 Å². The highest BCUT2D eigenvalue weighted by Gasteiger charge is 2.04. The lowest BCUT2D eigenvalue weighted by molar-refractivity contribution is -0.114. The first kappa shape index (κ1) is 14.6. The maximum absolute atomic E-state index is 11.0. The number of hydrogen-bond acceptors (Lipinski definition) is 3. The number of carbonyl (C=O) groups is 2. The van der Waals surface area contributed by atoms with E-state index in [1.165, 1.54) is 13.0 Å². The summed E-state index contributed by atoms with van der Waals surface area (Å²) in [4.78, 5) is 21.9. The first-order chi connectivity index (χ1) is 10.0. The lowest BCUT2D eigenvalue weighted by atomic mass is 10.1. The summed E-state index contributed by atoms with van der Waals surface area (Å²) >= 11 is 0. The molecular formula is C16H15NO4. The van der Waals surface area contributed by atoms with E-state index in [0.717, 1.165) is 5.56 Å². The number of anilines is 1. The number of benzene rings is 2. The fraction of sp³-hybridized carbons (Fsp3) is 0.125. The third-order valence-electron chi connectivity index (χ3n) is 2.73. The highest BCUT2D eigenvalue weighted by atomic mass is 16.5. The number of nitrogens with one attached hydrogen (secondary N) is 1. The van der Waals surface area contributed by atoms with Crippen molar-refractivity contribution in [1.29, 1.82) is 0 Å². The number of aromatic carboxylic acids is 1. The average Bonchev–Trinajstić information content (AvgIpc) is 2.45. The van der Waals surface area contributed by atoms with Crippen LogP contribution in [0.15, 0.2) is 48.5 Å². The summed E-state index contributed by atoms with van der Waals surface area (Å²) in [6, 6.07) is 13.6. The van der Waals surface area contributed by atoms with Crippen LogP contribution >= 0.6 is 0 Å². The van der Waals surface area contributed by atoms with Gasteiger partial charge in [0.1, 0.15) is 12.4 Å². The number of amides is 1. The van der Waals surface area contributed by atoms with Crippen LogP contribution in [0.25, 0.3) is 0 Å². The molecule has 2 rings (SSSR count). The van der Waals surface area contributed by atoms with Gasteiger partial charge >= 0.3 is 5.97 Å². The van der Waals surface area contributed by atoms with Crippen LogP contribution in [0, 0.1) is 0 Å². The third-order valence-corrected chi connectivity index (χ3v) is 2.73. The number of carboxylic acid groups (broad SMARTS) is 1. The van der Waals surface area contributed by atoms with Crippen molar-refractivity contribution in [2.24, 2.45) is 0 Å². The minimum absolute atomic E-state index is 0.152. The average molecular weight is 285 g/mol. The van der Waals surface area contributed by atoms with Crippen LogP contribution in [0.4, 0.5) is 5.69 Å². The Hall–Kier alpha value is -2.82. The fourth-order valence-corrected chi connectivity index (χ4v) is 1.83. The second-order valence-electron chi connectivity index (χ2n) is 4.50. The Bertz CT molecular complexity index is 667. The predicted octanol–water partition coefficient (Wildman–Crippen LogP) is 2.92. The molecule has 5 heteroatoms. The van der Waals surface area contributed by atoms with E-state index in [9.17, 15) is 9.59 Å². The molecule has 5 nitrogen and oxygen atoms in total. The Kier molecular flexibility index (Phi) is 4.56. The third kappa shape index (κ3) is 4.35. The second-order valence-corrected chi connectivity index (χ2v) is 4.50. The molecule has 2 N–H and O–H groups in total. The monoisotopic (exact) mass is 285 g/mol. The Morgan fingerprint density at radius 1 is 1.14 bits per heavy atom. The standard InChI is InChI=1S/C16H15NO4/c1-11(18)17-14-6-3-7-15(9-14)21-10-12-4-2-5-13(8-12)16(19)20/h2-9H,10H2,1H3,(H,17,18)(H,19,20). The summed E-state index contributed by atoms with van der Waals surface area (Å²) < 4.78 is 5.60. The minimum atomic E-state index is -0.968. The van der Waals surface area contributed by atoms with E-state index in [4.69, 9.17) is 9.84 Å². The smallest absolute Gasteiger partial charge is 0.335 e. The summed E-state index contributed by atoms with van der Waals surface area (Å²) in [6.07, 6.45) is 0. The molecule has 0 aliphatic heterocycles. The molecule has 2 aromatic rings. The van der Waals surface area contributed by atoms with Gasteiger partial charge in [0, 0.05) is 18.7 Å². The lowest BCUT2D eigenvalue weighted by Gasteiger charge is -2.09. The summed E-state index contributed by atoms with van der Waals surface area (Å²) in [5.74, 6) is -0.521. The van der Waals surface area contributed by atoms with Gasteiger partial charge in [-0.05, 0) is 29.8 Å². The Balaban J connectivity index is 2.04. The van der Waals surface area contributed by atoms with E-state index in [-0.39, 0.29) is 18.1 Å². The van der Waals surface area contributed by atoms with Gasteiger partial charge in [0.15, 0.2) is 0 Å². The highest BCUT2D eigenvalue weighted by molar-refractivity contribution is 5.89. The van der Waals surface area contributed by atoms with E-state index in [0.29, 0.717) is 11.4 Å². The molecule has 108 valence electrons. The highest BCUT2D eigenvalue weighted by Crippen LogP contribution is 2.19. The van der Waals surface area contributed by atoms with E-state index in [2.05, 4.69) is 5.32 Å². The van der Waals surface area contributed by atoms with E-state index >= 15 is 0 Å². The van der Waals surface area contributed by atoms with Crippen LogP contribution in [0.2, 0.25) is 0 Å². The van der Waals surface area contributed by atoms with E-state index < -0.39 is 5.97 Å². The van der Waals surface area contributed by atoms with Crippen LogP contribution < -0.4 is 10.1 Å². The van der Waals surface area contributed by atoms with Crippen molar-refractivity contribution in [2.75, 3.05) is 5.32 Å². The summed E-state index contributed by atoms with van der Waals surface area (Å²) in [5.41, 5.74) is 1.64. The van der Waals surface area contributed by atoms with Crippen molar-refractivity contribution in [3.8, 4) is 5.75 Å². The van der Waals surface area contributed by atoms with Crippen molar-refractivity contribution in [2.45, 2.75) is 13.5 Å². The maximum atomic E-state index is 11.0. The molecule has 0 bridgehead atoms. The zero-order chi connectivity index (χ0) is 15.2. The molecule has 2 aromatic carbocycles. The lowest BCUT2D eigenvalue weighted by Crippen LogP contribution is -2.05. The van der Waals surface area contributed by atoms with Crippen molar-refractivity contribution < 1.29 is 19.4 Å². The molecule has 0 spiro atoms. The molecule has 0 saturated carbocycles. The van der Waals surface area contributed by atoms with Gasteiger partial charge in [-0.15, -0.1) is 0 Å². The van der Waals surface area contributed by atoms with Gasteiger partial charge in [-0.2, -0.15) is 0 Å². The predicted molar refractivity (Wildman–Crippen MR) is 78.5 cm³/mol. The Labute approximate surface area is 122 Å². The van der Waals surface area contributed by atoms with Crippen molar-refractivity contribution in [3.63, 3.8) is 0 Å². The SMILES string of the molecule is CC(=O)Nc1cccc(OCc2cccc(C(=O)O)c2)c1. The fourth-order valence-electron chi connectivity index (χ4n) is 1.83. The molecule has 0 aliphatic rings. The zero-order valence-electron chi connectivity index (χ0n) is 11.5. The number of ether oxygens (including phenoxy) is 1. The molecule has 1 amide bonds. The van der Waals surface area contributed by atoms with Gasteiger partial charge < -0.3 is 15.2 Å². The summed E-state index contributed by atoms with van der Waals surface area (Å²) in [7, 11) is 0. The second kappa shape index (κ2) is 6.56. The molecule has 0 radical (unpaired) electrons. The number of carboxylic acids is 1. The van der Waals surface area contributed by atoms with Gasteiger partial charge in [0.2, 0.25) is 5.91 Å². The van der Waals surface area contributed by atoms with Crippen molar-refractivity contribution >= 4 is 17.6 Å². The van der Waals surface area contributed by atoms with Gasteiger partial charge in [-0.1, -0.05) is 18.2 Å². The molecule has 0 saturated heterocycles. The zero-order valence-corrected chi connectivity index (χ0v) is 11.5. The van der Waals surface area contributed by atoms with Crippen molar-refractivity contribution in [1.82, 2.24) is 0 Å². The Morgan fingerprint density at radius 3 is 2.62 bits per heavy atom. The van der Waals surface area contributed by atoms with Gasteiger partial charge in [-0.25, -0.2) is 4.79 Å².